The number of methoxy groups -OCH3 is 1. The molecule has 0 bridgehead atoms. The van der Waals surface area contributed by atoms with Gasteiger partial charge in [0.1, 0.15) is 0 Å². The Morgan fingerprint density at radius 2 is 2.00 bits per heavy atom. The van der Waals surface area contributed by atoms with Crippen LogP contribution in [0.3, 0.4) is 0 Å². The fourth-order valence-corrected chi connectivity index (χ4v) is 1.41. The molecule has 5 heteroatoms. The number of hydrogen-bond acceptors (Lipinski definition) is 4. The van der Waals surface area contributed by atoms with Crippen LogP contribution in [0.1, 0.15) is 10.6 Å². The summed E-state index contributed by atoms with van der Waals surface area (Å²) in [5.41, 5.74) is 0.817. The van der Waals surface area contributed by atoms with Gasteiger partial charge in [0.25, 0.3) is 5.56 Å². The number of benzene rings is 1. The number of aromatic amines is 1. The molecule has 2 rings (SSSR count). The summed E-state index contributed by atoms with van der Waals surface area (Å²) >= 11 is 0. The number of ether oxygens (including phenoxy) is 1. The number of nitrogens with zero attached hydrogens (tertiary/aromatic N) is 1. The number of aromatic nitrogens is 2. The minimum absolute atomic E-state index is 0.0983. The highest BCUT2D eigenvalue weighted by atomic mass is 16.5. The molecule has 0 saturated heterocycles. The molecule has 0 unspecified atom stereocenters. The van der Waals surface area contributed by atoms with Gasteiger partial charge in [0.2, 0.25) is 5.82 Å². The first kappa shape index (κ1) is 11.1. The zero-order valence-electron chi connectivity index (χ0n) is 9.14. The van der Waals surface area contributed by atoms with Crippen LogP contribution >= 0.6 is 0 Å². The smallest absolute Gasteiger partial charge is 0.374 e. The molecule has 0 aliphatic rings. The van der Waals surface area contributed by atoms with Crippen molar-refractivity contribution < 1.29 is 9.53 Å². The van der Waals surface area contributed by atoms with Crippen molar-refractivity contribution >= 4 is 5.97 Å². The Morgan fingerprint density at radius 3 is 2.65 bits per heavy atom. The van der Waals surface area contributed by atoms with Crippen LogP contribution in [-0.4, -0.2) is 23.0 Å². The number of esters is 1. The van der Waals surface area contributed by atoms with E-state index in [1.54, 1.807) is 0 Å². The number of rotatable bonds is 2. The summed E-state index contributed by atoms with van der Waals surface area (Å²) in [5.74, 6) is -0.765. The van der Waals surface area contributed by atoms with Crippen molar-refractivity contribution in [1.82, 2.24) is 9.97 Å². The molecule has 0 saturated carbocycles. The summed E-state index contributed by atoms with van der Waals surface area (Å²) in [6.45, 7) is 0. The van der Waals surface area contributed by atoms with Gasteiger partial charge in [0.15, 0.2) is 0 Å². The largest absolute Gasteiger partial charge is 0.463 e. The van der Waals surface area contributed by atoms with Gasteiger partial charge >= 0.3 is 5.97 Å². The van der Waals surface area contributed by atoms with Crippen LogP contribution in [0, 0.1) is 0 Å². The maximum Gasteiger partial charge on any atom is 0.374 e. The Bertz CT molecular complexity index is 590. The lowest BCUT2D eigenvalue weighted by atomic mass is 10.1. The van der Waals surface area contributed by atoms with Gasteiger partial charge in [-0.15, -0.1) is 0 Å². The second-order valence-corrected chi connectivity index (χ2v) is 3.34. The third kappa shape index (κ3) is 2.39. The molecule has 5 nitrogen and oxygen atoms in total. The molecule has 2 aromatic rings. The van der Waals surface area contributed by atoms with Crippen LogP contribution < -0.4 is 5.56 Å². The molecular weight excluding hydrogens is 220 g/mol. The van der Waals surface area contributed by atoms with Crippen molar-refractivity contribution in [1.29, 1.82) is 0 Å². The highest BCUT2D eigenvalue weighted by Gasteiger charge is 2.10. The van der Waals surface area contributed by atoms with E-state index >= 15 is 0 Å². The molecule has 0 aliphatic carbocycles. The molecular formula is C12H10N2O3. The van der Waals surface area contributed by atoms with Crippen LogP contribution in [-0.2, 0) is 4.74 Å². The van der Waals surface area contributed by atoms with Crippen LogP contribution in [0.2, 0.25) is 0 Å². The molecule has 1 heterocycles. The summed E-state index contributed by atoms with van der Waals surface area (Å²) in [4.78, 5) is 29.1. The molecule has 0 radical (unpaired) electrons. The fraction of sp³-hybridized carbons (Fsp3) is 0.0833. The van der Waals surface area contributed by atoms with Gasteiger partial charge in [0.05, 0.1) is 12.8 Å². The summed E-state index contributed by atoms with van der Waals surface area (Å²) in [6.07, 6.45) is 0. The second kappa shape index (κ2) is 4.61. The predicted octanol–water partition coefficient (Wildman–Crippen LogP) is 1.22. The summed E-state index contributed by atoms with van der Waals surface area (Å²) in [7, 11) is 1.23. The van der Waals surface area contributed by atoms with Gasteiger partial charge in [-0.25, -0.2) is 9.78 Å². The van der Waals surface area contributed by atoms with E-state index in [9.17, 15) is 9.59 Å². The quantitative estimate of drug-likeness (QED) is 0.787. The first-order valence-corrected chi connectivity index (χ1v) is 4.96. The first-order valence-electron chi connectivity index (χ1n) is 4.96. The summed E-state index contributed by atoms with van der Waals surface area (Å²) in [5, 5.41) is 0. The lowest BCUT2D eigenvalue weighted by molar-refractivity contribution is 0.0586. The molecule has 0 aliphatic heterocycles. The Kier molecular flexibility index (Phi) is 3.00. The van der Waals surface area contributed by atoms with Gasteiger partial charge in [-0.1, -0.05) is 30.3 Å². The van der Waals surface area contributed by atoms with E-state index in [-0.39, 0.29) is 11.4 Å². The number of nitrogens with one attached hydrogen (secondary N) is 1. The fourth-order valence-electron chi connectivity index (χ4n) is 1.41. The number of carbonyl (C=O) groups is 1. The van der Waals surface area contributed by atoms with Crippen molar-refractivity contribution in [3.05, 3.63) is 52.6 Å². The van der Waals surface area contributed by atoms with Crippen LogP contribution in [0.25, 0.3) is 11.3 Å². The normalized spacial score (nSPS) is 9.94. The van der Waals surface area contributed by atoms with Gasteiger partial charge in [0, 0.05) is 11.6 Å². The standard InChI is InChI=1S/C12H10N2O3/c1-17-12(16)11-13-9(7-10(15)14-11)8-5-3-2-4-6-8/h2-7H,1H3,(H,13,14,15). The molecule has 1 aromatic carbocycles. The van der Waals surface area contributed by atoms with E-state index in [1.165, 1.54) is 13.2 Å². The monoisotopic (exact) mass is 230 g/mol. The van der Waals surface area contributed by atoms with Gasteiger partial charge < -0.3 is 9.72 Å². The van der Waals surface area contributed by atoms with Crippen molar-refractivity contribution in [2.45, 2.75) is 0 Å². The van der Waals surface area contributed by atoms with Gasteiger partial charge in [-0.3, -0.25) is 4.79 Å². The highest BCUT2D eigenvalue weighted by Crippen LogP contribution is 2.14. The second-order valence-electron chi connectivity index (χ2n) is 3.34. The highest BCUT2D eigenvalue weighted by molar-refractivity contribution is 5.85. The van der Waals surface area contributed by atoms with Crippen LogP contribution in [0.15, 0.2) is 41.2 Å². The average molecular weight is 230 g/mol. The molecule has 17 heavy (non-hydrogen) atoms. The number of carbonyl (C=O) groups excluding carboxylic acids is 1. The Hall–Kier alpha value is -2.43. The number of hydrogen-bond donors (Lipinski definition) is 1. The Labute approximate surface area is 97.1 Å². The van der Waals surface area contributed by atoms with E-state index in [1.807, 2.05) is 30.3 Å². The Morgan fingerprint density at radius 1 is 1.29 bits per heavy atom. The third-order valence-corrected chi connectivity index (χ3v) is 2.19. The van der Waals surface area contributed by atoms with Crippen molar-refractivity contribution in [3.63, 3.8) is 0 Å². The molecule has 0 atom stereocenters. The van der Waals surface area contributed by atoms with E-state index in [4.69, 9.17) is 0 Å². The topological polar surface area (TPSA) is 72.0 Å². The maximum atomic E-state index is 11.4. The lowest BCUT2D eigenvalue weighted by Gasteiger charge is -2.02. The lowest BCUT2D eigenvalue weighted by Crippen LogP contribution is -2.16. The maximum absolute atomic E-state index is 11.4. The first-order chi connectivity index (χ1) is 8.20. The van der Waals surface area contributed by atoms with Crippen molar-refractivity contribution in [2.24, 2.45) is 0 Å². The van der Waals surface area contributed by atoms with Crippen molar-refractivity contribution in [2.75, 3.05) is 7.11 Å². The van der Waals surface area contributed by atoms with Gasteiger partial charge in [-0.05, 0) is 0 Å². The zero-order valence-corrected chi connectivity index (χ0v) is 9.14. The van der Waals surface area contributed by atoms with E-state index in [0.29, 0.717) is 5.69 Å². The molecule has 0 fully saturated rings. The van der Waals surface area contributed by atoms with E-state index in [2.05, 4.69) is 14.7 Å². The van der Waals surface area contributed by atoms with Gasteiger partial charge in [-0.2, -0.15) is 0 Å². The molecule has 86 valence electrons. The molecule has 1 N–H and O–H groups in total. The van der Waals surface area contributed by atoms with Crippen LogP contribution in [0.4, 0.5) is 0 Å². The zero-order chi connectivity index (χ0) is 12.3. The minimum atomic E-state index is -0.667. The number of H-pyrrole nitrogens is 1. The molecule has 1 aromatic heterocycles. The summed E-state index contributed by atoms with van der Waals surface area (Å²) < 4.78 is 4.51. The minimum Gasteiger partial charge on any atom is -0.463 e. The molecule has 0 spiro atoms. The SMILES string of the molecule is COC(=O)c1nc(-c2ccccc2)cc(=O)[nH]1. The van der Waals surface area contributed by atoms with Crippen molar-refractivity contribution in [3.8, 4) is 11.3 Å². The predicted molar refractivity (Wildman–Crippen MR) is 61.6 cm³/mol. The van der Waals surface area contributed by atoms with Crippen LogP contribution in [0.5, 0.6) is 0 Å². The summed E-state index contributed by atoms with van der Waals surface area (Å²) in [6, 6.07) is 10.5. The average Bonchev–Trinajstić information content (AvgIpc) is 2.38. The molecule has 0 amide bonds. The van der Waals surface area contributed by atoms with E-state index in [0.717, 1.165) is 5.56 Å². The third-order valence-electron chi connectivity index (χ3n) is 2.19. The Balaban J connectivity index is 2.53. The van der Waals surface area contributed by atoms with E-state index < -0.39 is 5.97 Å².